The van der Waals surface area contributed by atoms with Gasteiger partial charge in [0.15, 0.2) is 5.78 Å². The molecular weight excluding hydrogens is 306 g/mol. The molecule has 1 aromatic carbocycles. The van der Waals surface area contributed by atoms with Crippen LogP contribution in [0.15, 0.2) is 36.5 Å². The molecule has 0 spiro atoms. The number of ketones is 1. The van der Waals surface area contributed by atoms with Gasteiger partial charge in [0.2, 0.25) is 0 Å². The highest BCUT2D eigenvalue weighted by Gasteiger charge is 2.11. The van der Waals surface area contributed by atoms with E-state index in [0.717, 1.165) is 16.3 Å². The Kier molecular flexibility index (Phi) is 2.91. The number of carbonyl (C=O) groups excluding carboxylic acids is 1. The number of carbonyl (C=O) groups is 1. The van der Waals surface area contributed by atoms with Gasteiger partial charge in [-0.1, -0.05) is 22.0 Å². The minimum absolute atomic E-state index is 0.0617. The normalized spacial score (nSPS) is 11.0. The Balaban J connectivity index is 2.42. The highest BCUT2D eigenvalue weighted by atomic mass is 79.9. The summed E-state index contributed by atoms with van der Waals surface area (Å²) >= 11 is 3.15. The van der Waals surface area contributed by atoms with Crippen LogP contribution in [0.5, 0.6) is 0 Å². The Bertz CT molecular complexity index is 801. The van der Waals surface area contributed by atoms with Gasteiger partial charge in [0, 0.05) is 22.7 Å². The lowest BCUT2D eigenvalue weighted by atomic mass is 10.1. The lowest BCUT2D eigenvalue weighted by Gasteiger charge is -2.07. The molecule has 4 nitrogen and oxygen atoms in total. The molecule has 94 valence electrons. The fraction of sp³-hybridized carbons (Fsp3) is 0.0714. The number of Topliss-reactive ketones (excluding diaryl/α,β-unsaturated/α-hetero) is 1. The van der Waals surface area contributed by atoms with Gasteiger partial charge in [-0.15, -0.1) is 0 Å². The average Bonchev–Trinajstić information content (AvgIpc) is 2.46. The van der Waals surface area contributed by atoms with E-state index in [2.05, 4.69) is 25.9 Å². The van der Waals surface area contributed by atoms with Crippen LogP contribution in [0.1, 0.15) is 10.5 Å². The van der Waals surface area contributed by atoms with Gasteiger partial charge in [0.1, 0.15) is 5.69 Å². The number of anilines is 1. The number of alkyl halides is 1. The van der Waals surface area contributed by atoms with Gasteiger partial charge in [-0.3, -0.25) is 9.78 Å². The van der Waals surface area contributed by atoms with Gasteiger partial charge in [-0.05, 0) is 24.3 Å². The first-order valence-corrected chi connectivity index (χ1v) is 6.86. The first kappa shape index (κ1) is 12.0. The summed E-state index contributed by atoms with van der Waals surface area (Å²) < 4.78 is 0. The molecule has 0 aliphatic heterocycles. The fourth-order valence-corrected chi connectivity index (χ4v) is 2.36. The van der Waals surface area contributed by atoms with Gasteiger partial charge in [0.25, 0.3) is 0 Å². The molecular formula is C14H10BrN3O. The van der Waals surface area contributed by atoms with Crippen LogP contribution in [-0.2, 0) is 0 Å². The lowest BCUT2D eigenvalue weighted by Crippen LogP contribution is -2.04. The maximum atomic E-state index is 11.7. The molecule has 19 heavy (non-hydrogen) atoms. The van der Waals surface area contributed by atoms with Crippen LogP contribution in [0.2, 0.25) is 0 Å². The predicted molar refractivity (Wildman–Crippen MR) is 79.6 cm³/mol. The molecule has 0 atom stereocenters. The summed E-state index contributed by atoms with van der Waals surface area (Å²) in [4.78, 5) is 20.5. The third-order valence-corrected chi connectivity index (χ3v) is 3.50. The van der Waals surface area contributed by atoms with E-state index >= 15 is 0 Å². The van der Waals surface area contributed by atoms with E-state index in [1.807, 2.05) is 24.3 Å². The third kappa shape index (κ3) is 1.96. The van der Waals surface area contributed by atoms with Gasteiger partial charge < -0.3 is 5.73 Å². The van der Waals surface area contributed by atoms with Crippen molar-refractivity contribution in [2.24, 2.45) is 0 Å². The smallest absolute Gasteiger partial charge is 0.191 e. The fourth-order valence-electron chi connectivity index (χ4n) is 2.07. The van der Waals surface area contributed by atoms with Crippen LogP contribution in [0.25, 0.3) is 21.8 Å². The van der Waals surface area contributed by atoms with Crippen LogP contribution in [0.3, 0.4) is 0 Å². The number of benzene rings is 1. The first-order valence-electron chi connectivity index (χ1n) is 5.74. The summed E-state index contributed by atoms with van der Waals surface area (Å²) in [5, 5.41) is 1.99. The Labute approximate surface area is 117 Å². The summed E-state index contributed by atoms with van der Waals surface area (Å²) in [5.41, 5.74) is 8.51. The number of nitrogens with two attached hydrogens (primary N) is 1. The summed E-state index contributed by atoms with van der Waals surface area (Å²) in [6.07, 6.45) is 1.71. The van der Waals surface area contributed by atoms with Crippen molar-refractivity contribution >= 4 is 49.2 Å². The van der Waals surface area contributed by atoms with Crippen molar-refractivity contribution in [2.75, 3.05) is 11.1 Å². The minimum atomic E-state index is -0.0617. The number of pyridine rings is 2. The van der Waals surface area contributed by atoms with Crippen molar-refractivity contribution in [1.82, 2.24) is 9.97 Å². The van der Waals surface area contributed by atoms with Crippen molar-refractivity contribution in [3.63, 3.8) is 0 Å². The number of aromatic nitrogens is 2. The second-order valence-electron chi connectivity index (χ2n) is 4.19. The summed E-state index contributed by atoms with van der Waals surface area (Å²) in [6.45, 7) is 0. The Morgan fingerprint density at radius 3 is 2.89 bits per heavy atom. The van der Waals surface area contributed by atoms with Gasteiger partial charge in [0.05, 0.1) is 16.4 Å². The zero-order chi connectivity index (χ0) is 13.4. The van der Waals surface area contributed by atoms with Gasteiger partial charge in [-0.2, -0.15) is 0 Å². The molecule has 3 aromatic rings. The largest absolute Gasteiger partial charge is 0.398 e. The first-order chi connectivity index (χ1) is 9.20. The number of hydrogen-bond acceptors (Lipinski definition) is 4. The van der Waals surface area contributed by atoms with E-state index in [-0.39, 0.29) is 11.1 Å². The average molecular weight is 316 g/mol. The molecule has 0 amide bonds. The van der Waals surface area contributed by atoms with E-state index in [9.17, 15) is 4.79 Å². The van der Waals surface area contributed by atoms with Gasteiger partial charge >= 0.3 is 0 Å². The molecule has 3 rings (SSSR count). The summed E-state index contributed by atoms with van der Waals surface area (Å²) in [7, 11) is 0. The third-order valence-electron chi connectivity index (χ3n) is 2.99. The van der Waals surface area contributed by atoms with E-state index in [4.69, 9.17) is 5.73 Å². The number of halogens is 1. The van der Waals surface area contributed by atoms with Crippen LogP contribution in [0.4, 0.5) is 5.69 Å². The van der Waals surface area contributed by atoms with E-state index in [1.54, 1.807) is 12.3 Å². The van der Waals surface area contributed by atoms with Crippen LogP contribution >= 0.6 is 15.9 Å². The van der Waals surface area contributed by atoms with Crippen molar-refractivity contribution in [3.05, 3.63) is 42.2 Å². The second kappa shape index (κ2) is 4.59. The monoisotopic (exact) mass is 315 g/mol. The van der Waals surface area contributed by atoms with E-state index < -0.39 is 0 Å². The number of nitrogen functional groups attached to an aromatic ring is 1. The Hall–Kier alpha value is -2.01. The molecule has 5 heteroatoms. The molecule has 0 unspecified atom stereocenters. The molecule has 0 saturated carbocycles. The van der Waals surface area contributed by atoms with Crippen molar-refractivity contribution in [3.8, 4) is 0 Å². The molecule has 2 heterocycles. The van der Waals surface area contributed by atoms with E-state index in [1.165, 1.54) is 0 Å². The summed E-state index contributed by atoms with van der Waals surface area (Å²) in [6, 6.07) is 9.16. The molecule has 0 aliphatic rings. The van der Waals surface area contributed by atoms with Crippen LogP contribution in [0, 0.1) is 0 Å². The molecule has 0 aliphatic carbocycles. The molecule has 2 N–H and O–H groups in total. The molecule has 0 bridgehead atoms. The van der Waals surface area contributed by atoms with Crippen LogP contribution < -0.4 is 5.73 Å². The topological polar surface area (TPSA) is 68.9 Å². The Morgan fingerprint density at radius 1 is 1.26 bits per heavy atom. The summed E-state index contributed by atoms with van der Waals surface area (Å²) in [5.74, 6) is -0.0617. The highest BCUT2D eigenvalue weighted by molar-refractivity contribution is 9.09. The Morgan fingerprint density at radius 2 is 2.11 bits per heavy atom. The standard InChI is InChI=1S/C14H10BrN3O/c15-7-12(19)11-4-3-9-10(16)6-8-2-1-5-17-13(8)14(9)18-11/h1-6H,7,16H2. The van der Waals surface area contributed by atoms with Crippen molar-refractivity contribution in [2.45, 2.75) is 0 Å². The number of nitrogens with zero attached hydrogens (tertiary/aromatic N) is 2. The van der Waals surface area contributed by atoms with E-state index in [0.29, 0.717) is 16.9 Å². The van der Waals surface area contributed by atoms with Crippen LogP contribution in [-0.4, -0.2) is 21.1 Å². The minimum Gasteiger partial charge on any atom is -0.398 e. The number of hydrogen-bond donors (Lipinski definition) is 1. The number of rotatable bonds is 2. The quantitative estimate of drug-likeness (QED) is 0.341. The second-order valence-corrected chi connectivity index (χ2v) is 4.75. The zero-order valence-electron chi connectivity index (χ0n) is 9.93. The SMILES string of the molecule is Nc1cc2cccnc2c2nc(C(=O)CBr)ccc12. The molecule has 0 saturated heterocycles. The molecule has 0 radical (unpaired) electrons. The molecule has 0 fully saturated rings. The predicted octanol–water partition coefficient (Wildman–Crippen LogP) is 2.94. The maximum Gasteiger partial charge on any atom is 0.191 e. The van der Waals surface area contributed by atoms with Crippen molar-refractivity contribution < 1.29 is 4.79 Å². The zero-order valence-corrected chi connectivity index (χ0v) is 11.5. The molecule has 2 aromatic heterocycles. The lowest BCUT2D eigenvalue weighted by molar-refractivity contribution is 0.101. The maximum absolute atomic E-state index is 11.7. The van der Waals surface area contributed by atoms with Crippen molar-refractivity contribution in [1.29, 1.82) is 0 Å². The van der Waals surface area contributed by atoms with Gasteiger partial charge in [-0.25, -0.2) is 4.98 Å². The highest BCUT2D eigenvalue weighted by Crippen LogP contribution is 2.27. The number of fused-ring (bicyclic) bond motifs is 3.